The molecular formula is C7H12O3. The number of ether oxygens (including phenoxy) is 1. The normalized spacial score (nSPS) is 37.2. The third kappa shape index (κ3) is 1.01. The number of carbonyl (C=O) groups is 1. The van der Waals surface area contributed by atoms with E-state index in [1.807, 2.05) is 6.92 Å². The molecule has 0 spiro atoms. The Morgan fingerprint density at radius 3 is 2.90 bits per heavy atom. The Morgan fingerprint density at radius 1 is 1.90 bits per heavy atom. The quantitative estimate of drug-likeness (QED) is 0.578. The van der Waals surface area contributed by atoms with Crippen molar-refractivity contribution < 1.29 is 14.6 Å². The lowest BCUT2D eigenvalue weighted by atomic mass is 10.2. The second-order valence-corrected chi connectivity index (χ2v) is 2.72. The van der Waals surface area contributed by atoms with Crippen molar-refractivity contribution in [2.45, 2.75) is 25.4 Å². The smallest absolute Gasteiger partial charge is 0.293 e. The van der Waals surface area contributed by atoms with Crippen molar-refractivity contribution in [2.75, 3.05) is 6.61 Å². The summed E-state index contributed by atoms with van der Waals surface area (Å²) in [5.41, 5.74) is -0.309. The second-order valence-electron chi connectivity index (χ2n) is 2.72. The van der Waals surface area contributed by atoms with Crippen molar-refractivity contribution in [3.05, 3.63) is 0 Å². The summed E-state index contributed by atoms with van der Waals surface area (Å²) < 4.78 is 4.85. The molecule has 3 nitrogen and oxygen atoms in total. The molecule has 1 saturated carbocycles. The van der Waals surface area contributed by atoms with Crippen LogP contribution in [0.1, 0.15) is 19.8 Å². The molecule has 0 radical (unpaired) electrons. The highest BCUT2D eigenvalue weighted by molar-refractivity contribution is 5.40. The number of carbonyl (C=O) groups excluding carboxylic acids is 1. The minimum absolute atomic E-state index is 0.127. The third-order valence-electron chi connectivity index (χ3n) is 2.28. The molecule has 0 heterocycles. The van der Waals surface area contributed by atoms with Crippen molar-refractivity contribution >= 4 is 6.47 Å². The van der Waals surface area contributed by atoms with Crippen LogP contribution < -0.4 is 0 Å². The van der Waals surface area contributed by atoms with Gasteiger partial charge in [-0.3, -0.25) is 4.79 Å². The molecule has 2 unspecified atom stereocenters. The summed E-state index contributed by atoms with van der Waals surface area (Å²) in [5.74, 6) is 0.183. The number of rotatable bonds is 4. The van der Waals surface area contributed by atoms with Gasteiger partial charge < -0.3 is 9.84 Å². The third-order valence-corrected chi connectivity index (χ3v) is 2.28. The first kappa shape index (κ1) is 7.54. The largest absolute Gasteiger partial charge is 0.461 e. The first-order valence-electron chi connectivity index (χ1n) is 3.51. The van der Waals surface area contributed by atoms with E-state index in [1.54, 1.807) is 0 Å². The van der Waals surface area contributed by atoms with Gasteiger partial charge in [0, 0.05) is 12.5 Å². The maximum atomic E-state index is 9.98. The highest BCUT2D eigenvalue weighted by Crippen LogP contribution is 2.48. The molecule has 0 bridgehead atoms. The zero-order valence-corrected chi connectivity index (χ0v) is 6.04. The summed E-state index contributed by atoms with van der Waals surface area (Å²) in [6, 6.07) is 0. The highest BCUT2D eigenvalue weighted by atomic mass is 16.5. The molecule has 0 aliphatic heterocycles. The summed E-state index contributed by atoms with van der Waals surface area (Å²) >= 11 is 0. The van der Waals surface area contributed by atoms with Gasteiger partial charge in [-0.25, -0.2) is 0 Å². The van der Waals surface area contributed by atoms with Gasteiger partial charge in [0.2, 0.25) is 0 Å². The Bertz CT molecular complexity index is 135. The topological polar surface area (TPSA) is 46.5 Å². The van der Waals surface area contributed by atoms with Crippen LogP contribution in [0.2, 0.25) is 0 Å². The van der Waals surface area contributed by atoms with E-state index in [0.29, 0.717) is 6.47 Å². The fraction of sp³-hybridized carbons (Fsp3) is 0.857. The van der Waals surface area contributed by atoms with Gasteiger partial charge in [-0.15, -0.1) is 0 Å². The van der Waals surface area contributed by atoms with Gasteiger partial charge in [-0.2, -0.15) is 0 Å². The lowest BCUT2D eigenvalue weighted by molar-refractivity contribution is -0.136. The number of aliphatic hydroxyl groups is 1. The monoisotopic (exact) mass is 144 g/mol. The molecule has 2 atom stereocenters. The maximum Gasteiger partial charge on any atom is 0.293 e. The van der Waals surface area contributed by atoms with Gasteiger partial charge in [-0.1, -0.05) is 6.92 Å². The molecular weight excluding hydrogens is 132 g/mol. The molecule has 10 heavy (non-hydrogen) atoms. The summed E-state index contributed by atoms with van der Waals surface area (Å²) in [6.45, 7) is 2.56. The van der Waals surface area contributed by atoms with Crippen molar-refractivity contribution in [2.24, 2.45) is 5.92 Å². The molecule has 1 aliphatic rings. The summed E-state index contributed by atoms with van der Waals surface area (Å²) in [4.78, 5) is 9.98. The molecule has 1 rings (SSSR count). The fourth-order valence-electron chi connectivity index (χ4n) is 1.35. The van der Waals surface area contributed by atoms with Crippen LogP contribution in [0.15, 0.2) is 0 Å². The Morgan fingerprint density at radius 2 is 2.60 bits per heavy atom. The van der Waals surface area contributed by atoms with E-state index in [9.17, 15) is 4.79 Å². The zero-order valence-electron chi connectivity index (χ0n) is 6.04. The number of hydrogen-bond donors (Lipinski definition) is 1. The maximum absolute atomic E-state index is 9.98. The lowest BCUT2D eigenvalue weighted by Crippen LogP contribution is -2.16. The van der Waals surface area contributed by atoms with Gasteiger partial charge in [0.1, 0.15) is 5.60 Å². The SMILES string of the molecule is CCC1(OC=O)CC1CO. The predicted molar refractivity (Wildman–Crippen MR) is 35.4 cm³/mol. The van der Waals surface area contributed by atoms with Gasteiger partial charge in [0.15, 0.2) is 0 Å². The summed E-state index contributed by atoms with van der Waals surface area (Å²) in [7, 11) is 0. The average Bonchev–Trinajstić information content (AvgIpc) is 2.65. The molecule has 0 aromatic carbocycles. The molecule has 0 aromatic heterocycles. The fourth-order valence-corrected chi connectivity index (χ4v) is 1.35. The van der Waals surface area contributed by atoms with E-state index in [0.717, 1.165) is 12.8 Å². The van der Waals surface area contributed by atoms with Crippen LogP contribution in [0.4, 0.5) is 0 Å². The van der Waals surface area contributed by atoms with Gasteiger partial charge in [-0.05, 0) is 12.8 Å². The first-order chi connectivity index (χ1) is 4.79. The van der Waals surface area contributed by atoms with E-state index in [2.05, 4.69) is 0 Å². The molecule has 58 valence electrons. The Hall–Kier alpha value is -0.570. The van der Waals surface area contributed by atoms with Crippen LogP contribution in [0.25, 0.3) is 0 Å². The first-order valence-corrected chi connectivity index (χ1v) is 3.51. The number of aliphatic hydroxyl groups excluding tert-OH is 1. The predicted octanol–water partition coefficient (Wildman–Crippen LogP) is 0.320. The minimum atomic E-state index is -0.309. The van der Waals surface area contributed by atoms with Crippen molar-refractivity contribution in [3.8, 4) is 0 Å². The van der Waals surface area contributed by atoms with Gasteiger partial charge >= 0.3 is 0 Å². The van der Waals surface area contributed by atoms with Crippen LogP contribution in [0, 0.1) is 5.92 Å². The Kier molecular flexibility index (Phi) is 1.94. The molecule has 1 fully saturated rings. The molecule has 0 saturated heterocycles. The minimum Gasteiger partial charge on any atom is -0.461 e. The molecule has 3 heteroatoms. The average molecular weight is 144 g/mol. The Labute approximate surface area is 60.0 Å². The molecule has 0 aromatic rings. The van der Waals surface area contributed by atoms with Crippen LogP contribution in [-0.2, 0) is 9.53 Å². The molecule has 1 aliphatic carbocycles. The van der Waals surface area contributed by atoms with E-state index < -0.39 is 0 Å². The number of hydrogen-bond acceptors (Lipinski definition) is 3. The lowest BCUT2D eigenvalue weighted by Gasteiger charge is -2.10. The van der Waals surface area contributed by atoms with E-state index in [4.69, 9.17) is 9.84 Å². The van der Waals surface area contributed by atoms with Gasteiger partial charge in [0.05, 0.1) is 0 Å². The summed E-state index contributed by atoms with van der Waals surface area (Å²) in [5, 5.41) is 8.70. The van der Waals surface area contributed by atoms with Crippen molar-refractivity contribution in [1.82, 2.24) is 0 Å². The van der Waals surface area contributed by atoms with Crippen molar-refractivity contribution in [3.63, 3.8) is 0 Å². The van der Waals surface area contributed by atoms with Crippen LogP contribution in [-0.4, -0.2) is 23.8 Å². The van der Waals surface area contributed by atoms with Gasteiger partial charge in [0.25, 0.3) is 6.47 Å². The van der Waals surface area contributed by atoms with Crippen molar-refractivity contribution in [1.29, 1.82) is 0 Å². The Balaban J connectivity index is 2.41. The second kappa shape index (κ2) is 2.58. The van der Waals surface area contributed by atoms with Crippen LogP contribution >= 0.6 is 0 Å². The highest BCUT2D eigenvalue weighted by Gasteiger charge is 2.54. The van der Waals surface area contributed by atoms with Crippen LogP contribution in [0.5, 0.6) is 0 Å². The van der Waals surface area contributed by atoms with E-state index in [-0.39, 0.29) is 18.1 Å². The zero-order chi connectivity index (χ0) is 7.61. The van der Waals surface area contributed by atoms with E-state index in [1.165, 1.54) is 0 Å². The molecule has 0 amide bonds. The standard InChI is InChI=1S/C7H12O3/c1-2-7(10-5-9)3-6(7)4-8/h5-6,8H,2-4H2,1H3. The van der Waals surface area contributed by atoms with Crippen LogP contribution in [0.3, 0.4) is 0 Å². The summed E-state index contributed by atoms with van der Waals surface area (Å²) in [6.07, 6.45) is 1.62. The van der Waals surface area contributed by atoms with E-state index >= 15 is 0 Å². The molecule has 1 N–H and O–H groups in total.